The van der Waals surface area contributed by atoms with Gasteiger partial charge >= 0.3 is 0 Å². The van der Waals surface area contributed by atoms with E-state index in [1.807, 2.05) is 66.7 Å². The molecule has 0 aliphatic rings. The highest BCUT2D eigenvalue weighted by atomic mass is 35.5. The van der Waals surface area contributed by atoms with Crippen molar-refractivity contribution >= 4 is 23.2 Å². The van der Waals surface area contributed by atoms with Gasteiger partial charge in [0.25, 0.3) is 0 Å². The van der Waals surface area contributed by atoms with E-state index >= 15 is 0 Å². The van der Waals surface area contributed by atoms with Crippen LogP contribution in [0.5, 0.6) is 11.5 Å². The third-order valence-electron chi connectivity index (χ3n) is 3.78. The minimum absolute atomic E-state index is 0.0812. The number of hydrogen-bond acceptors (Lipinski definition) is 3. The second-order valence-corrected chi connectivity index (χ2v) is 6.32. The molecule has 0 fully saturated rings. The van der Waals surface area contributed by atoms with E-state index in [2.05, 4.69) is 5.32 Å². The average Bonchev–Trinajstić information content (AvgIpc) is 2.69. The smallest absolute Gasteiger partial charge is 0.228 e. The molecular formula is C22H20ClNO3. The molecule has 3 rings (SSSR count). The standard InChI is InChI=1S/C22H20ClNO3/c23-18-8-6-17(7-9-18)16-22(25)24-19-10-12-21(13-11-19)27-15-14-26-20-4-2-1-3-5-20/h1-13H,14-16H2,(H,24,25). The van der Waals surface area contributed by atoms with Gasteiger partial charge in [-0.1, -0.05) is 41.9 Å². The molecule has 3 aromatic rings. The van der Waals surface area contributed by atoms with Crippen molar-refractivity contribution in [1.82, 2.24) is 0 Å². The Labute approximate surface area is 163 Å². The molecule has 0 atom stereocenters. The van der Waals surface area contributed by atoms with Gasteiger partial charge in [0.1, 0.15) is 24.7 Å². The molecular weight excluding hydrogens is 362 g/mol. The fourth-order valence-corrected chi connectivity index (χ4v) is 2.59. The molecule has 0 bridgehead atoms. The van der Waals surface area contributed by atoms with Crippen molar-refractivity contribution in [3.8, 4) is 11.5 Å². The van der Waals surface area contributed by atoms with Crippen LogP contribution in [0.2, 0.25) is 5.02 Å². The van der Waals surface area contributed by atoms with E-state index in [9.17, 15) is 4.79 Å². The molecule has 0 aromatic heterocycles. The van der Waals surface area contributed by atoms with Gasteiger partial charge in [0, 0.05) is 10.7 Å². The maximum Gasteiger partial charge on any atom is 0.228 e. The van der Waals surface area contributed by atoms with Crippen LogP contribution >= 0.6 is 11.6 Å². The topological polar surface area (TPSA) is 47.6 Å². The van der Waals surface area contributed by atoms with Gasteiger partial charge in [-0.2, -0.15) is 0 Å². The molecule has 0 radical (unpaired) electrons. The van der Waals surface area contributed by atoms with E-state index in [0.717, 1.165) is 22.7 Å². The van der Waals surface area contributed by atoms with Crippen LogP contribution in [0, 0.1) is 0 Å². The first-order valence-electron chi connectivity index (χ1n) is 8.64. The number of benzene rings is 3. The van der Waals surface area contributed by atoms with Gasteiger partial charge in [0.05, 0.1) is 6.42 Å². The average molecular weight is 382 g/mol. The molecule has 0 aliphatic carbocycles. The molecule has 1 N–H and O–H groups in total. The number of nitrogens with one attached hydrogen (secondary N) is 1. The fraction of sp³-hybridized carbons (Fsp3) is 0.136. The van der Waals surface area contributed by atoms with Crippen molar-refractivity contribution in [3.63, 3.8) is 0 Å². The highest BCUT2D eigenvalue weighted by molar-refractivity contribution is 6.30. The minimum Gasteiger partial charge on any atom is -0.490 e. The van der Waals surface area contributed by atoms with Gasteiger partial charge in [-0.15, -0.1) is 0 Å². The fourth-order valence-electron chi connectivity index (χ4n) is 2.46. The Morgan fingerprint density at radius 3 is 2.00 bits per heavy atom. The van der Waals surface area contributed by atoms with Crippen molar-refractivity contribution in [2.45, 2.75) is 6.42 Å². The van der Waals surface area contributed by atoms with Crippen molar-refractivity contribution in [2.24, 2.45) is 0 Å². The number of ether oxygens (including phenoxy) is 2. The van der Waals surface area contributed by atoms with Gasteiger partial charge in [0.2, 0.25) is 5.91 Å². The van der Waals surface area contributed by atoms with Crippen LogP contribution in [0.25, 0.3) is 0 Å². The molecule has 27 heavy (non-hydrogen) atoms. The normalized spacial score (nSPS) is 10.3. The quantitative estimate of drug-likeness (QED) is 0.560. The first-order valence-corrected chi connectivity index (χ1v) is 9.02. The number of halogens is 1. The van der Waals surface area contributed by atoms with E-state index < -0.39 is 0 Å². The Hall–Kier alpha value is -2.98. The number of amides is 1. The van der Waals surface area contributed by atoms with Gasteiger partial charge in [-0.05, 0) is 54.1 Å². The zero-order chi connectivity index (χ0) is 18.9. The Morgan fingerprint density at radius 2 is 1.37 bits per heavy atom. The molecule has 1 amide bonds. The minimum atomic E-state index is -0.0812. The Morgan fingerprint density at radius 1 is 0.778 bits per heavy atom. The van der Waals surface area contributed by atoms with Crippen LogP contribution in [0.3, 0.4) is 0 Å². The Balaban J connectivity index is 1.41. The largest absolute Gasteiger partial charge is 0.490 e. The van der Waals surface area contributed by atoms with Crippen LogP contribution in [0.1, 0.15) is 5.56 Å². The van der Waals surface area contributed by atoms with Crippen LogP contribution in [-0.4, -0.2) is 19.1 Å². The summed E-state index contributed by atoms with van der Waals surface area (Å²) in [7, 11) is 0. The summed E-state index contributed by atoms with van der Waals surface area (Å²) in [5.41, 5.74) is 1.64. The van der Waals surface area contributed by atoms with E-state index in [-0.39, 0.29) is 5.91 Å². The SMILES string of the molecule is O=C(Cc1ccc(Cl)cc1)Nc1ccc(OCCOc2ccccc2)cc1. The summed E-state index contributed by atoms with van der Waals surface area (Å²) in [6.07, 6.45) is 0.298. The Kier molecular flexibility index (Phi) is 6.72. The predicted octanol–water partition coefficient (Wildman–Crippen LogP) is 4.98. The van der Waals surface area contributed by atoms with Gasteiger partial charge in [-0.3, -0.25) is 4.79 Å². The maximum absolute atomic E-state index is 12.1. The van der Waals surface area contributed by atoms with Crippen LogP contribution in [0.15, 0.2) is 78.9 Å². The molecule has 3 aromatic carbocycles. The molecule has 138 valence electrons. The molecule has 0 unspecified atom stereocenters. The lowest BCUT2D eigenvalue weighted by Gasteiger charge is -2.09. The highest BCUT2D eigenvalue weighted by Gasteiger charge is 2.05. The molecule has 0 saturated heterocycles. The molecule has 0 spiro atoms. The zero-order valence-electron chi connectivity index (χ0n) is 14.7. The predicted molar refractivity (Wildman–Crippen MR) is 108 cm³/mol. The van der Waals surface area contributed by atoms with Crippen LogP contribution in [0.4, 0.5) is 5.69 Å². The summed E-state index contributed by atoms with van der Waals surface area (Å²) in [6.45, 7) is 0.904. The second kappa shape index (κ2) is 9.64. The summed E-state index contributed by atoms with van der Waals surface area (Å²) >= 11 is 5.85. The van der Waals surface area contributed by atoms with Crippen molar-refractivity contribution in [3.05, 3.63) is 89.4 Å². The molecule has 5 heteroatoms. The molecule has 0 aliphatic heterocycles. The third-order valence-corrected chi connectivity index (χ3v) is 4.03. The Bertz CT molecular complexity index is 849. The third kappa shape index (κ3) is 6.35. The summed E-state index contributed by atoms with van der Waals surface area (Å²) in [5.74, 6) is 1.46. The van der Waals surface area contributed by atoms with Crippen LogP contribution in [-0.2, 0) is 11.2 Å². The highest BCUT2D eigenvalue weighted by Crippen LogP contribution is 2.17. The first-order chi connectivity index (χ1) is 13.2. The number of anilines is 1. The number of para-hydroxylation sites is 1. The molecule has 4 nitrogen and oxygen atoms in total. The summed E-state index contributed by atoms with van der Waals surface area (Å²) < 4.78 is 11.2. The molecule has 0 heterocycles. The monoisotopic (exact) mass is 381 g/mol. The van der Waals surface area contributed by atoms with E-state index in [4.69, 9.17) is 21.1 Å². The number of rotatable bonds is 8. The van der Waals surface area contributed by atoms with Gasteiger partial charge < -0.3 is 14.8 Å². The van der Waals surface area contributed by atoms with E-state index in [1.165, 1.54) is 0 Å². The number of hydrogen-bond donors (Lipinski definition) is 1. The number of carbonyl (C=O) groups excluding carboxylic acids is 1. The maximum atomic E-state index is 12.1. The summed E-state index contributed by atoms with van der Waals surface area (Å²) in [6, 6.07) is 24.1. The van der Waals surface area contributed by atoms with Crippen molar-refractivity contribution in [2.75, 3.05) is 18.5 Å². The lowest BCUT2D eigenvalue weighted by Crippen LogP contribution is -2.14. The summed E-state index contributed by atoms with van der Waals surface area (Å²) in [4.78, 5) is 12.1. The zero-order valence-corrected chi connectivity index (χ0v) is 15.5. The van der Waals surface area contributed by atoms with Crippen LogP contribution < -0.4 is 14.8 Å². The second-order valence-electron chi connectivity index (χ2n) is 5.89. The van der Waals surface area contributed by atoms with E-state index in [1.54, 1.807) is 12.1 Å². The number of carbonyl (C=O) groups is 1. The first kappa shape index (κ1) is 18.8. The van der Waals surface area contributed by atoms with Crippen molar-refractivity contribution < 1.29 is 14.3 Å². The summed E-state index contributed by atoms with van der Waals surface area (Å²) in [5, 5.41) is 3.53. The lowest BCUT2D eigenvalue weighted by atomic mass is 10.1. The van der Waals surface area contributed by atoms with Gasteiger partial charge in [0.15, 0.2) is 0 Å². The molecule has 0 saturated carbocycles. The lowest BCUT2D eigenvalue weighted by molar-refractivity contribution is -0.115. The van der Waals surface area contributed by atoms with Gasteiger partial charge in [-0.25, -0.2) is 0 Å². The van der Waals surface area contributed by atoms with E-state index in [0.29, 0.717) is 24.7 Å². The van der Waals surface area contributed by atoms with Crippen molar-refractivity contribution in [1.29, 1.82) is 0 Å².